The minimum atomic E-state index is 0.240. The second kappa shape index (κ2) is 6.39. The molecule has 0 radical (unpaired) electrons. The Morgan fingerprint density at radius 2 is 2.00 bits per heavy atom. The van der Waals surface area contributed by atoms with Crippen molar-refractivity contribution in [2.75, 3.05) is 6.61 Å². The second-order valence-corrected chi connectivity index (χ2v) is 4.55. The molecule has 1 atom stereocenters. The smallest absolute Gasteiger partial charge is 0.0431 e. The van der Waals surface area contributed by atoms with Crippen molar-refractivity contribution >= 4 is 0 Å². The minimum Gasteiger partial charge on any atom is -0.396 e. The van der Waals surface area contributed by atoms with E-state index in [-0.39, 0.29) is 5.54 Å². The van der Waals surface area contributed by atoms with E-state index < -0.39 is 0 Å². The van der Waals surface area contributed by atoms with Gasteiger partial charge in [-0.05, 0) is 40.0 Å². The van der Waals surface area contributed by atoms with Gasteiger partial charge in [-0.2, -0.15) is 0 Å². The van der Waals surface area contributed by atoms with Gasteiger partial charge in [0.2, 0.25) is 0 Å². The molecule has 2 nitrogen and oxygen atoms in total. The summed E-state index contributed by atoms with van der Waals surface area (Å²) in [4.78, 5) is 0. The van der Waals surface area contributed by atoms with Crippen LogP contribution in [0.15, 0.2) is 0 Å². The number of aliphatic hydroxyl groups excluding tert-OH is 1. The molecule has 0 rings (SSSR count). The zero-order valence-electron chi connectivity index (χ0n) is 9.56. The van der Waals surface area contributed by atoms with E-state index in [1.54, 1.807) is 0 Å². The van der Waals surface area contributed by atoms with Gasteiger partial charge in [0, 0.05) is 18.2 Å². The SMILES string of the molecule is CCCC(C)(C)NC(C)CCCO. The quantitative estimate of drug-likeness (QED) is 0.641. The summed E-state index contributed by atoms with van der Waals surface area (Å²) < 4.78 is 0. The number of hydrogen-bond donors (Lipinski definition) is 2. The zero-order valence-corrected chi connectivity index (χ0v) is 9.56. The van der Waals surface area contributed by atoms with Gasteiger partial charge in [0.25, 0.3) is 0 Å². The summed E-state index contributed by atoms with van der Waals surface area (Å²) in [6, 6.07) is 0.508. The average Bonchev–Trinajstić information content (AvgIpc) is 1.99. The Morgan fingerprint density at radius 1 is 1.38 bits per heavy atom. The van der Waals surface area contributed by atoms with E-state index in [2.05, 4.69) is 33.0 Å². The first-order valence-corrected chi connectivity index (χ1v) is 5.40. The summed E-state index contributed by atoms with van der Waals surface area (Å²) >= 11 is 0. The highest BCUT2D eigenvalue weighted by Crippen LogP contribution is 2.12. The summed E-state index contributed by atoms with van der Waals surface area (Å²) in [5.74, 6) is 0. The fourth-order valence-electron chi connectivity index (χ4n) is 1.83. The van der Waals surface area contributed by atoms with Crippen LogP contribution in [0, 0.1) is 0 Å². The van der Waals surface area contributed by atoms with E-state index in [0.717, 1.165) is 12.8 Å². The summed E-state index contributed by atoms with van der Waals surface area (Å²) in [5, 5.41) is 12.3. The normalized spacial score (nSPS) is 14.5. The number of rotatable bonds is 7. The fraction of sp³-hybridized carbons (Fsp3) is 1.00. The molecular formula is C11H25NO. The molecule has 0 aliphatic heterocycles. The first-order valence-electron chi connectivity index (χ1n) is 5.40. The van der Waals surface area contributed by atoms with Crippen LogP contribution in [0.1, 0.15) is 53.4 Å². The molecule has 0 spiro atoms. The summed E-state index contributed by atoms with van der Waals surface area (Å²) in [7, 11) is 0. The third-order valence-corrected chi connectivity index (χ3v) is 2.31. The van der Waals surface area contributed by atoms with Crippen molar-refractivity contribution in [1.82, 2.24) is 5.32 Å². The lowest BCUT2D eigenvalue weighted by atomic mass is 9.97. The van der Waals surface area contributed by atoms with Crippen molar-refractivity contribution in [2.24, 2.45) is 0 Å². The first kappa shape index (κ1) is 12.9. The Hall–Kier alpha value is -0.0800. The molecule has 80 valence electrons. The van der Waals surface area contributed by atoms with Gasteiger partial charge in [0.1, 0.15) is 0 Å². The fourth-order valence-corrected chi connectivity index (χ4v) is 1.83. The lowest BCUT2D eigenvalue weighted by molar-refractivity contribution is 0.259. The van der Waals surface area contributed by atoms with Crippen molar-refractivity contribution in [2.45, 2.75) is 65.0 Å². The molecule has 0 aromatic heterocycles. The zero-order chi connectivity index (χ0) is 10.3. The average molecular weight is 187 g/mol. The molecule has 0 saturated carbocycles. The van der Waals surface area contributed by atoms with Crippen LogP contribution in [0.2, 0.25) is 0 Å². The maximum absolute atomic E-state index is 8.69. The van der Waals surface area contributed by atoms with Crippen molar-refractivity contribution < 1.29 is 5.11 Å². The number of hydrogen-bond acceptors (Lipinski definition) is 2. The molecule has 1 unspecified atom stereocenters. The Morgan fingerprint density at radius 3 is 2.46 bits per heavy atom. The molecule has 13 heavy (non-hydrogen) atoms. The van der Waals surface area contributed by atoms with Crippen LogP contribution in [0.4, 0.5) is 0 Å². The molecule has 0 aliphatic carbocycles. The van der Waals surface area contributed by atoms with Gasteiger partial charge in [-0.3, -0.25) is 0 Å². The molecule has 0 amide bonds. The monoisotopic (exact) mass is 187 g/mol. The summed E-state index contributed by atoms with van der Waals surface area (Å²) in [6.45, 7) is 9.19. The van der Waals surface area contributed by atoms with Crippen LogP contribution in [0.3, 0.4) is 0 Å². The molecule has 0 aliphatic rings. The first-order chi connectivity index (χ1) is 6.02. The van der Waals surface area contributed by atoms with Gasteiger partial charge in [-0.15, -0.1) is 0 Å². The van der Waals surface area contributed by atoms with Crippen LogP contribution >= 0.6 is 0 Å². The van der Waals surface area contributed by atoms with E-state index in [4.69, 9.17) is 5.11 Å². The van der Waals surface area contributed by atoms with E-state index in [0.29, 0.717) is 12.6 Å². The largest absolute Gasteiger partial charge is 0.396 e. The molecule has 0 aromatic carbocycles. The molecule has 0 aromatic rings. The molecular weight excluding hydrogens is 162 g/mol. The molecule has 0 fully saturated rings. The van der Waals surface area contributed by atoms with Crippen LogP contribution in [0.5, 0.6) is 0 Å². The lowest BCUT2D eigenvalue weighted by Gasteiger charge is -2.30. The predicted octanol–water partition coefficient (Wildman–Crippen LogP) is 2.32. The van der Waals surface area contributed by atoms with Gasteiger partial charge >= 0.3 is 0 Å². The van der Waals surface area contributed by atoms with Crippen molar-refractivity contribution in [3.05, 3.63) is 0 Å². The van der Waals surface area contributed by atoms with E-state index in [1.807, 2.05) is 0 Å². The van der Waals surface area contributed by atoms with Crippen molar-refractivity contribution in [3.63, 3.8) is 0 Å². The third kappa shape index (κ3) is 7.03. The predicted molar refractivity (Wildman–Crippen MR) is 57.9 cm³/mol. The van der Waals surface area contributed by atoms with Crippen LogP contribution in [-0.2, 0) is 0 Å². The molecule has 0 bridgehead atoms. The summed E-state index contributed by atoms with van der Waals surface area (Å²) in [5.41, 5.74) is 0.240. The highest BCUT2D eigenvalue weighted by molar-refractivity contribution is 4.79. The number of aliphatic hydroxyl groups is 1. The Labute approximate surface area is 82.7 Å². The van der Waals surface area contributed by atoms with Gasteiger partial charge in [-0.25, -0.2) is 0 Å². The second-order valence-electron chi connectivity index (χ2n) is 4.55. The Balaban J connectivity index is 3.68. The third-order valence-electron chi connectivity index (χ3n) is 2.31. The lowest BCUT2D eigenvalue weighted by Crippen LogP contribution is -2.44. The molecule has 2 N–H and O–H groups in total. The summed E-state index contributed by atoms with van der Waals surface area (Å²) in [6.07, 6.45) is 4.38. The Kier molecular flexibility index (Phi) is 6.35. The standard InChI is InChI=1S/C11H25NO/c1-5-8-11(3,4)12-10(2)7-6-9-13/h10,12-13H,5-9H2,1-4H3. The van der Waals surface area contributed by atoms with E-state index in [9.17, 15) is 0 Å². The van der Waals surface area contributed by atoms with Crippen LogP contribution in [-0.4, -0.2) is 23.3 Å². The highest BCUT2D eigenvalue weighted by Gasteiger charge is 2.17. The number of nitrogens with one attached hydrogen (secondary N) is 1. The Bertz CT molecular complexity index is 123. The maximum Gasteiger partial charge on any atom is 0.0431 e. The van der Waals surface area contributed by atoms with Gasteiger partial charge < -0.3 is 10.4 Å². The van der Waals surface area contributed by atoms with Gasteiger partial charge in [-0.1, -0.05) is 13.3 Å². The van der Waals surface area contributed by atoms with Crippen molar-refractivity contribution in [3.8, 4) is 0 Å². The van der Waals surface area contributed by atoms with E-state index >= 15 is 0 Å². The van der Waals surface area contributed by atoms with Gasteiger partial charge in [0.05, 0.1) is 0 Å². The molecule has 0 saturated heterocycles. The van der Waals surface area contributed by atoms with Crippen molar-refractivity contribution in [1.29, 1.82) is 0 Å². The molecule has 2 heteroatoms. The highest BCUT2D eigenvalue weighted by atomic mass is 16.2. The molecule has 0 heterocycles. The van der Waals surface area contributed by atoms with Crippen LogP contribution in [0.25, 0.3) is 0 Å². The minimum absolute atomic E-state index is 0.240. The topological polar surface area (TPSA) is 32.3 Å². The maximum atomic E-state index is 8.69. The van der Waals surface area contributed by atoms with E-state index in [1.165, 1.54) is 12.8 Å². The van der Waals surface area contributed by atoms with Crippen LogP contribution < -0.4 is 5.32 Å². The van der Waals surface area contributed by atoms with Gasteiger partial charge in [0.15, 0.2) is 0 Å².